The number of nitriles is 1. The second kappa shape index (κ2) is 7.62. The van der Waals surface area contributed by atoms with Gasteiger partial charge in [-0.25, -0.2) is 4.98 Å². The van der Waals surface area contributed by atoms with Gasteiger partial charge in [0.25, 0.3) is 0 Å². The van der Waals surface area contributed by atoms with Crippen molar-refractivity contribution in [3.05, 3.63) is 17.2 Å². The van der Waals surface area contributed by atoms with Crippen LogP contribution in [0.15, 0.2) is 11.1 Å². The highest BCUT2D eigenvalue weighted by molar-refractivity contribution is 7.98. The Labute approximate surface area is 156 Å². The molecule has 1 fully saturated rings. The maximum atomic E-state index is 13.3. The number of hydrogen-bond donors (Lipinski definition) is 1. The van der Waals surface area contributed by atoms with E-state index in [1.807, 2.05) is 31.7 Å². The van der Waals surface area contributed by atoms with Crippen molar-refractivity contribution in [2.45, 2.75) is 44.7 Å². The molecule has 0 amide bonds. The van der Waals surface area contributed by atoms with Gasteiger partial charge in [-0.2, -0.15) is 9.65 Å². The van der Waals surface area contributed by atoms with Crippen molar-refractivity contribution >= 4 is 29.6 Å². The lowest BCUT2D eigenvalue weighted by atomic mass is 9.77. The molecule has 0 spiro atoms. The number of piperidine rings is 1. The van der Waals surface area contributed by atoms with Gasteiger partial charge in [-0.15, -0.1) is 11.8 Å². The number of hydrogen-bond acceptors (Lipinski definition) is 6. The number of rotatable bonds is 4. The van der Waals surface area contributed by atoms with E-state index >= 15 is 0 Å². The fourth-order valence-electron chi connectivity index (χ4n) is 3.35. The average molecular weight is 379 g/mol. The molecule has 0 aliphatic carbocycles. The molecule has 1 aromatic heterocycles. The number of aliphatic carboxylic acids is 1. The van der Waals surface area contributed by atoms with Gasteiger partial charge >= 0.3 is 12.0 Å². The number of carbonyl (C=O) groups excluding carboxylic acids is 1. The van der Waals surface area contributed by atoms with E-state index in [-0.39, 0.29) is 27.6 Å². The molecule has 26 heavy (non-hydrogen) atoms. The first-order valence-corrected chi connectivity index (χ1v) is 9.51. The summed E-state index contributed by atoms with van der Waals surface area (Å²) in [6.45, 7) is 6.46. The van der Waals surface area contributed by atoms with Crippen molar-refractivity contribution in [3.8, 4) is 6.07 Å². The lowest BCUT2D eigenvalue weighted by Crippen LogP contribution is -2.51. The van der Waals surface area contributed by atoms with Gasteiger partial charge in [-0.05, 0) is 30.6 Å². The first-order valence-electron chi connectivity index (χ1n) is 8.28. The molecular weight excluding hydrogens is 357 g/mol. The fourth-order valence-corrected chi connectivity index (χ4v) is 3.89. The second-order valence-electron chi connectivity index (χ2n) is 7.44. The van der Waals surface area contributed by atoms with Crippen LogP contribution >= 0.6 is 11.8 Å². The van der Waals surface area contributed by atoms with E-state index in [9.17, 15) is 24.3 Å². The minimum atomic E-state index is -1.62. The van der Waals surface area contributed by atoms with Gasteiger partial charge in [-0.3, -0.25) is 9.59 Å². The first kappa shape index (κ1) is 20.2. The zero-order valence-corrected chi connectivity index (χ0v) is 16.1. The first-order chi connectivity index (χ1) is 12.1. The van der Waals surface area contributed by atoms with Crippen molar-refractivity contribution in [2.75, 3.05) is 17.7 Å². The molecule has 1 aromatic rings. The van der Waals surface area contributed by atoms with E-state index in [4.69, 9.17) is 0 Å². The van der Waals surface area contributed by atoms with Gasteiger partial charge in [0, 0.05) is 12.6 Å². The normalized spacial score (nSPS) is 20.5. The van der Waals surface area contributed by atoms with Gasteiger partial charge in [0.05, 0.1) is 17.0 Å². The van der Waals surface area contributed by atoms with Gasteiger partial charge in [0.2, 0.25) is 0 Å². The van der Waals surface area contributed by atoms with Crippen molar-refractivity contribution in [2.24, 2.45) is 11.3 Å². The average Bonchev–Trinajstić information content (AvgIpc) is 2.58. The van der Waals surface area contributed by atoms with Crippen LogP contribution in [0.4, 0.5) is 10.2 Å². The van der Waals surface area contributed by atoms with Crippen molar-refractivity contribution < 1.29 is 19.1 Å². The highest BCUT2D eigenvalue weighted by Crippen LogP contribution is 2.39. The summed E-state index contributed by atoms with van der Waals surface area (Å²) in [5, 5.41) is 19.1. The van der Waals surface area contributed by atoms with Crippen LogP contribution in [0.1, 0.15) is 49.5 Å². The highest BCUT2D eigenvalue weighted by Gasteiger charge is 2.40. The molecule has 1 N–H and O–H groups in total. The van der Waals surface area contributed by atoms with Crippen molar-refractivity contribution in [3.63, 3.8) is 0 Å². The number of thioether (sulfide) groups is 1. The van der Waals surface area contributed by atoms with Crippen LogP contribution in [0, 0.1) is 22.7 Å². The second-order valence-corrected chi connectivity index (χ2v) is 8.23. The molecule has 0 bridgehead atoms. The number of carboxylic acid groups (broad SMARTS) is 1. The lowest BCUT2D eigenvalue weighted by molar-refractivity contribution is -0.143. The molecule has 140 valence electrons. The number of carbonyl (C=O) groups is 2. The predicted octanol–water partition coefficient (Wildman–Crippen LogP) is 3.50. The summed E-state index contributed by atoms with van der Waals surface area (Å²) < 4.78 is 13.3. The van der Waals surface area contributed by atoms with Crippen LogP contribution < -0.4 is 4.90 Å². The highest BCUT2D eigenvalue weighted by atomic mass is 32.2. The van der Waals surface area contributed by atoms with Gasteiger partial charge in [0.1, 0.15) is 16.9 Å². The van der Waals surface area contributed by atoms with E-state index in [0.717, 1.165) is 11.8 Å². The molecule has 0 aromatic carbocycles. The predicted molar refractivity (Wildman–Crippen MR) is 97.1 cm³/mol. The summed E-state index contributed by atoms with van der Waals surface area (Å²) in [7, 11) is 0. The van der Waals surface area contributed by atoms with Crippen LogP contribution in [0.25, 0.3) is 0 Å². The molecule has 8 heteroatoms. The summed E-state index contributed by atoms with van der Waals surface area (Å²) in [6.07, 6.45) is 2.55. The van der Waals surface area contributed by atoms with E-state index < -0.39 is 17.9 Å². The molecule has 2 heterocycles. The molecule has 0 radical (unpaired) electrons. The topological polar surface area (TPSA) is 94.3 Å². The lowest BCUT2D eigenvalue weighted by Gasteiger charge is -2.46. The van der Waals surface area contributed by atoms with Gasteiger partial charge in [0.15, 0.2) is 0 Å². The van der Waals surface area contributed by atoms with Crippen LogP contribution in [-0.4, -0.2) is 40.9 Å². The maximum Gasteiger partial charge on any atom is 0.334 e. The molecule has 0 saturated carbocycles. The van der Waals surface area contributed by atoms with Crippen LogP contribution in [0.3, 0.4) is 0 Å². The number of nitrogens with zero attached hydrogens (tertiary/aromatic N) is 3. The van der Waals surface area contributed by atoms with Gasteiger partial charge in [-0.1, -0.05) is 20.8 Å². The Hall–Kier alpha value is -2.14. The third kappa shape index (κ3) is 3.98. The number of aromatic nitrogens is 1. The number of carboxylic acids is 1. The van der Waals surface area contributed by atoms with Gasteiger partial charge < -0.3 is 10.0 Å². The Morgan fingerprint density at radius 2 is 2.12 bits per heavy atom. The monoisotopic (exact) mass is 379 g/mol. The minimum Gasteiger partial charge on any atom is -0.481 e. The SMILES string of the molecule is CSc1nc(N2CCC(C(=O)O)CC2C(C)(C)C)c(C#N)cc1C(=O)F. The zero-order valence-electron chi connectivity index (χ0n) is 15.2. The zero-order chi connectivity index (χ0) is 19.6. The number of anilines is 1. The van der Waals surface area contributed by atoms with Crippen LogP contribution in [0.2, 0.25) is 0 Å². The molecule has 2 rings (SSSR count). The Morgan fingerprint density at radius 1 is 1.46 bits per heavy atom. The van der Waals surface area contributed by atoms with Crippen molar-refractivity contribution in [1.29, 1.82) is 5.26 Å². The Bertz CT molecular complexity index is 770. The summed E-state index contributed by atoms with van der Waals surface area (Å²) >= 11 is 1.13. The molecule has 2 atom stereocenters. The molecule has 1 aliphatic heterocycles. The van der Waals surface area contributed by atoms with E-state index in [2.05, 4.69) is 4.98 Å². The summed E-state index contributed by atoms with van der Waals surface area (Å²) in [5.41, 5.74) is -0.353. The van der Waals surface area contributed by atoms with E-state index in [1.165, 1.54) is 6.07 Å². The Morgan fingerprint density at radius 3 is 2.58 bits per heavy atom. The number of pyridine rings is 1. The van der Waals surface area contributed by atoms with E-state index in [0.29, 0.717) is 25.2 Å². The van der Waals surface area contributed by atoms with Crippen molar-refractivity contribution in [1.82, 2.24) is 4.98 Å². The third-order valence-corrected chi connectivity index (χ3v) is 5.41. The molecule has 2 unspecified atom stereocenters. The van der Waals surface area contributed by atoms with E-state index in [1.54, 1.807) is 6.26 Å². The fraction of sp³-hybridized carbons (Fsp3) is 0.556. The molecule has 1 saturated heterocycles. The van der Waals surface area contributed by atoms with Crippen LogP contribution in [0.5, 0.6) is 0 Å². The number of halogens is 1. The Balaban J connectivity index is 2.56. The summed E-state index contributed by atoms with van der Waals surface area (Å²) in [6, 6.07) is 1.46. The minimum absolute atomic E-state index is 0.117. The summed E-state index contributed by atoms with van der Waals surface area (Å²) in [5.74, 6) is -0.895. The third-order valence-electron chi connectivity index (χ3n) is 4.72. The maximum absolute atomic E-state index is 13.3. The standard InChI is InChI=1S/C18H22FN3O3S/c1-18(2,3)13-8-10(17(24)25)5-6-22(13)15-11(9-20)7-12(14(19)23)16(21-15)26-4/h7,10,13H,5-6,8H2,1-4H3,(H,24,25). The largest absolute Gasteiger partial charge is 0.481 e. The molecule has 1 aliphatic rings. The Kier molecular flexibility index (Phi) is 5.91. The summed E-state index contributed by atoms with van der Waals surface area (Å²) in [4.78, 5) is 29.0. The van der Waals surface area contributed by atoms with Crippen LogP contribution in [-0.2, 0) is 4.79 Å². The molecule has 6 nitrogen and oxygen atoms in total. The quantitative estimate of drug-likeness (QED) is 0.632. The smallest absolute Gasteiger partial charge is 0.334 e. The molecular formula is C18H22FN3O3S.